The second kappa shape index (κ2) is 7.29. The number of urea groups is 1. The summed E-state index contributed by atoms with van der Waals surface area (Å²) < 4.78 is 18.8. The predicted octanol–water partition coefficient (Wildman–Crippen LogP) is 2.19. The van der Waals surface area contributed by atoms with Crippen molar-refractivity contribution in [3.63, 3.8) is 0 Å². The van der Waals surface area contributed by atoms with Crippen LogP contribution in [0.2, 0.25) is 0 Å². The molecule has 1 aromatic rings. The van der Waals surface area contributed by atoms with Crippen LogP contribution in [-0.4, -0.2) is 48.2 Å². The van der Waals surface area contributed by atoms with Crippen LogP contribution in [0.1, 0.15) is 23.7 Å². The molecule has 8 heteroatoms. The van der Waals surface area contributed by atoms with Gasteiger partial charge in [0.05, 0.1) is 24.3 Å². The van der Waals surface area contributed by atoms with Crippen molar-refractivity contribution in [2.75, 3.05) is 25.5 Å². The molecule has 0 aromatic heterocycles. The monoisotopic (exact) mass is 338 g/mol. The maximum Gasteiger partial charge on any atom is 0.340 e. The fourth-order valence-electron chi connectivity index (χ4n) is 2.79. The number of ether oxygens (including phenoxy) is 1. The molecule has 0 aliphatic carbocycles. The molecule has 1 heterocycles. The Hall–Kier alpha value is -2.64. The summed E-state index contributed by atoms with van der Waals surface area (Å²) in [7, 11) is 1.13. The number of nitrogens with zero attached hydrogens (tertiary/aromatic N) is 1. The van der Waals surface area contributed by atoms with Crippen molar-refractivity contribution < 1.29 is 28.6 Å². The Bertz CT molecular complexity index is 664. The quantitative estimate of drug-likeness (QED) is 0.824. The molecule has 1 aliphatic heterocycles. The molecule has 2 atom stereocenters. The van der Waals surface area contributed by atoms with Crippen LogP contribution in [0.5, 0.6) is 0 Å². The lowest BCUT2D eigenvalue weighted by Crippen LogP contribution is -2.47. The standard InChI is InChI=1S/C16H19FN2O5/c1-9-6-10(14(20)21)8-19(7-9)16(23)18-12-5-3-4-11(13(12)17)15(22)24-2/h3-5,9-10H,6-8H2,1-2H3,(H,18,23)(H,20,21). The number of halogens is 1. The lowest BCUT2D eigenvalue weighted by atomic mass is 9.91. The van der Waals surface area contributed by atoms with Gasteiger partial charge in [-0.15, -0.1) is 0 Å². The van der Waals surface area contributed by atoms with Crippen molar-refractivity contribution >= 4 is 23.7 Å². The van der Waals surface area contributed by atoms with Crippen molar-refractivity contribution in [3.8, 4) is 0 Å². The Labute approximate surface area is 138 Å². The van der Waals surface area contributed by atoms with Crippen LogP contribution in [0.3, 0.4) is 0 Å². The molecule has 2 unspecified atom stereocenters. The summed E-state index contributed by atoms with van der Waals surface area (Å²) in [4.78, 5) is 36.3. The highest BCUT2D eigenvalue weighted by Crippen LogP contribution is 2.24. The maximum atomic E-state index is 14.3. The summed E-state index contributed by atoms with van der Waals surface area (Å²) >= 11 is 0. The summed E-state index contributed by atoms with van der Waals surface area (Å²) in [5.74, 6) is -3.32. The van der Waals surface area contributed by atoms with Crippen molar-refractivity contribution in [2.24, 2.45) is 11.8 Å². The number of hydrogen-bond acceptors (Lipinski definition) is 4. The average Bonchev–Trinajstić information content (AvgIpc) is 2.55. The van der Waals surface area contributed by atoms with Crippen LogP contribution >= 0.6 is 0 Å². The Kier molecular flexibility index (Phi) is 5.38. The first kappa shape index (κ1) is 17.7. The number of carbonyl (C=O) groups excluding carboxylic acids is 2. The topological polar surface area (TPSA) is 95.9 Å². The van der Waals surface area contributed by atoms with E-state index in [9.17, 15) is 18.8 Å². The van der Waals surface area contributed by atoms with E-state index in [0.29, 0.717) is 13.0 Å². The van der Waals surface area contributed by atoms with E-state index in [2.05, 4.69) is 10.1 Å². The average molecular weight is 338 g/mol. The van der Waals surface area contributed by atoms with Gasteiger partial charge in [-0.25, -0.2) is 14.0 Å². The molecule has 1 fully saturated rings. The summed E-state index contributed by atoms with van der Waals surface area (Å²) in [6.45, 7) is 2.30. The number of methoxy groups -OCH3 is 1. The number of piperidine rings is 1. The molecule has 1 saturated heterocycles. The zero-order valence-electron chi connectivity index (χ0n) is 13.4. The number of anilines is 1. The van der Waals surface area contributed by atoms with Gasteiger partial charge in [0.15, 0.2) is 5.82 Å². The summed E-state index contributed by atoms with van der Waals surface area (Å²) in [6, 6.07) is 3.39. The lowest BCUT2D eigenvalue weighted by Gasteiger charge is -2.34. The molecule has 1 aromatic carbocycles. The number of carboxylic acids is 1. The molecule has 2 N–H and O–H groups in total. The summed E-state index contributed by atoms with van der Waals surface area (Å²) in [5.41, 5.74) is -0.446. The summed E-state index contributed by atoms with van der Waals surface area (Å²) in [5, 5.41) is 11.5. The van der Waals surface area contributed by atoms with E-state index in [1.54, 1.807) is 0 Å². The Morgan fingerprint density at radius 3 is 2.67 bits per heavy atom. The van der Waals surface area contributed by atoms with E-state index in [4.69, 9.17) is 5.11 Å². The van der Waals surface area contributed by atoms with Crippen LogP contribution in [0.15, 0.2) is 18.2 Å². The number of nitrogens with one attached hydrogen (secondary N) is 1. The van der Waals surface area contributed by atoms with Gasteiger partial charge in [0.2, 0.25) is 0 Å². The minimum atomic E-state index is -0.960. The van der Waals surface area contributed by atoms with Gasteiger partial charge in [-0.1, -0.05) is 13.0 Å². The second-order valence-corrected chi connectivity index (χ2v) is 5.87. The van der Waals surface area contributed by atoms with E-state index < -0.39 is 29.7 Å². The number of likely N-dealkylation sites (tertiary alicyclic amines) is 1. The van der Waals surface area contributed by atoms with Gasteiger partial charge < -0.3 is 20.1 Å². The first-order chi connectivity index (χ1) is 11.3. The fraction of sp³-hybridized carbons (Fsp3) is 0.438. The zero-order valence-corrected chi connectivity index (χ0v) is 13.4. The fourth-order valence-corrected chi connectivity index (χ4v) is 2.79. The van der Waals surface area contributed by atoms with Crippen LogP contribution in [0, 0.1) is 17.7 Å². The number of benzene rings is 1. The van der Waals surface area contributed by atoms with Gasteiger partial charge >= 0.3 is 18.0 Å². The number of hydrogen-bond donors (Lipinski definition) is 2. The number of rotatable bonds is 3. The normalized spacial score (nSPS) is 20.4. The van der Waals surface area contributed by atoms with Gasteiger partial charge in [0, 0.05) is 13.1 Å². The molecule has 0 spiro atoms. The van der Waals surface area contributed by atoms with E-state index in [-0.39, 0.29) is 23.7 Å². The van der Waals surface area contributed by atoms with E-state index in [1.807, 2.05) is 6.92 Å². The van der Waals surface area contributed by atoms with Crippen molar-refractivity contribution in [2.45, 2.75) is 13.3 Å². The van der Waals surface area contributed by atoms with Gasteiger partial charge in [0.1, 0.15) is 0 Å². The van der Waals surface area contributed by atoms with Gasteiger partial charge in [-0.2, -0.15) is 0 Å². The first-order valence-electron chi connectivity index (χ1n) is 7.49. The molecule has 0 radical (unpaired) electrons. The highest BCUT2D eigenvalue weighted by molar-refractivity contribution is 5.94. The third kappa shape index (κ3) is 3.81. The second-order valence-electron chi connectivity index (χ2n) is 5.87. The highest BCUT2D eigenvalue weighted by atomic mass is 19.1. The molecule has 2 amide bonds. The van der Waals surface area contributed by atoms with E-state index >= 15 is 0 Å². The molecule has 7 nitrogen and oxygen atoms in total. The molecule has 2 rings (SSSR count). The molecule has 0 saturated carbocycles. The SMILES string of the molecule is COC(=O)c1cccc(NC(=O)N2CC(C)CC(C(=O)O)C2)c1F. The molecule has 0 bridgehead atoms. The Morgan fingerprint density at radius 1 is 1.33 bits per heavy atom. The maximum absolute atomic E-state index is 14.3. The largest absolute Gasteiger partial charge is 0.481 e. The van der Waals surface area contributed by atoms with Crippen molar-refractivity contribution in [1.29, 1.82) is 0 Å². The van der Waals surface area contributed by atoms with Crippen LogP contribution < -0.4 is 5.32 Å². The first-order valence-corrected chi connectivity index (χ1v) is 7.49. The smallest absolute Gasteiger partial charge is 0.340 e. The number of aliphatic carboxylic acids is 1. The highest BCUT2D eigenvalue weighted by Gasteiger charge is 2.32. The van der Waals surface area contributed by atoms with Crippen LogP contribution in [-0.2, 0) is 9.53 Å². The van der Waals surface area contributed by atoms with Crippen LogP contribution in [0.4, 0.5) is 14.9 Å². The number of esters is 1. The lowest BCUT2D eigenvalue weighted by molar-refractivity contribution is -0.143. The number of carbonyl (C=O) groups is 3. The van der Waals surface area contributed by atoms with Gasteiger partial charge in [0.25, 0.3) is 0 Å². The van der Waals surface area contributed by atoms with E-state index in [0.717, 1.165) is 7.11 Å². The number of amides is 2. The van der Waals surface area contributed by atoms with Crippen molar-refractivity contribution in [3.05, 3.63) is 29.6 Å². The minimum Gasteiger partial charge on any atom is -0.481 e. The zero-order chi connectivity index (χ0) is 17.9. The van der Waals surface area contributed by atoms with Crippen LogP contribution in [0.25, 0.3) is 0 Å². The van der Waals surface area contributed by atoms with Gasteiger partial charge in [-0.3, -0.25) is 4.79 Å². The Morgan fingerprint density at radius 2 is 2.04 bits per heavy atom. The third-order valence-electron chi connectivity index (χ3n) is 3.94. The third-order valence-corrected chi connectivity index (χ3v) is 3.94. The Balaban J connectivity index is 2.15. The molecular formula is C16H19FN2O5. The number of carboxylic acid groups (broad SMARTS) is 1. The van der Waals surface area contributed by atoms with Gasteiger partial charge in [-0.05, 0) is 24.5 Å². The minimum absolute atomic E-state index is 0.0249. The molecule has 130 valence electrons. The molecular weight excluding hydrogens is 319 g/mol. The molecule has 1 aliphatic rings. The van der Waals surface area contributed by atoms with Crippen molar-refractivity contribution in [1.82, 2.24) is 4.90 Å². The van der Waals surface area contributed by atoms with E-state index in [1.165, 1.54) is 23.1 Å². The molecule has 24 heavy (non-hydrogen) atoms. The summed E-state index contributed by atoms with van der Waals surface area (Å²) in [6.07, 6.45) is 0.491. The predicted molar refractivity (Wildman–Crippen MR) is 83.2 cm³/mol.